The van der Waals surface area contributed by atoms with Crippen LogP contribution in [0, 0.1) is 12.7 Å². The maximum Gasteiger partial charge on any atom is 0.361 e. The number of hydrogen-bond donors (Lipinski definition) is 4. The van der Waals surface area contributed by atoms with Crippen LogP contribution >= 0.6 is 0 Å². The molecule has 4 heterocycles. The molecular weight excluding hydrogens is 579 g/mol. The quantitative estimate of drug-likeness (QED) is 0.205. The van der Waals surface area contributed by atoms with Crippen molar-refractivity contribution in [1.82, 2.24) is 44.1 Å². The molecule has 0 aliphatic carbocycles. The molecule has 0 aliphatic rings. The van der Waals surface area contributed by atoms with Gasteiger partial charge in [0.15, 0.2) is 17.0 Å². The van der Waals surface area contributed by atoms with E-state index in [0.29, 0.717) is 17.1 Å². The maximum absolute atomic E-state index is 15.0. The van der Waals surface area contributed by atoms with Gasteiger partial charge in [-0.15, -0.1) is 0 Å². The van der Waals surface area contributed by atoms with E-state index in [0.717, 1.165) is 10.7 Å². The van der Waals surface area contributed by atoms with Gasteiger partial charge in [-0.3, -0.25) is 9.78 Å². The highest BCUT2D eigenvalue weighted by atomic mass is 19.1. The van der Waals surface area contributed by atoms with E-state index in [-0.39, 0.29) is 39.4 Å². The summed E-state index contributed by atoms with van der Waals surface area (Å²) in [6.07, 6.45) is 3.18. The number of halogens is 1. The van der Waals surface area contributed by atoms with Crippen LogP contribution in [0.1, 0.15) is 23.2 Å². The molecule has 0 saturated carbocycles. The average molecular weight is 601 g/mol. The number of imidazole rings is 1. The lowest BCUT2D eigenvalue weighted by atomic mass is 10.2. The molecule has 4 N–H and O–H groups in total. The number of benzene rings is 2. The van der Waals surface area contributed by atoms with E-state index in [9.17, 15) is 24.0 Å². The Bertz CT molecular complexity index is 2270. The van der Waals surface area contributed by atoms with Crippen LogP contribution in [0.2, 0.25) is 0 Å². The second kappa shape index (κ2) is 10.8. The van der Waals surface area contributed by atoms with Crippen LogP contribution < -0.4 is 22.3 Å². The van der Waals surface area contributed by atoms with E-state index in [1.165, 1.54) is 24.3 Å². The lowest BCUT2D eigenvalue weighted by molar-refractivity contribution is 0.0521. The van der Waals surface area contributed by atoms with Gasteiger partial charge in [0.1, 0.15) is 17.2 Å². The molecule has 0 unspecified atom stereocenters. The Kier molecular flexibility index (Phi) is 6.81. The molecule has 0 radical (unpaired) electrons. The van der Waals surface area contributed by atoms with Crippen molar-refractivity contribution in [3.63, 3.8) is 0 Å². The van der Waals surface area contributed by atoms with Crippen LogP contribution in [0.15, 0.2) is 69.2 Å². The zero-order valence-electron chi connectivity index (χ0n) is 22.9. The number of aromatic nitrogens is 9. The number of nitrogens with zero attached hydrogens (tertiary/aromatic N) is 6. The molecule has 0 spiro atoms. The lowest BCUT2D eigenvalue weighted by Crippen LogP contribution is -2.42. The van der Waals surface area contributed by atoms with E-state index in [1.54, 1.807) is 42.9 Å². The number of esters is 1. The third kappa shape index (κ3) is 4.77. The second-order valence-electron chi connectivity index (χ2n) is 9.29. The monoisotopic (exact) mass is 600 g/mol. The number of aryl methyl sites for hydroxylation is 1. The standard InChI is InChI=1S/C27H21FN10O6/c1-3-44-24(40)20-19-21(38(35-20)16-6-4-5-14(11-16)22-32-25(41)34-33-22)23(39)37(27(43)31-19)26(42)30-18-8-7-15(12-17(18)28)36-10-9-29-13(36)2/h4-12H,3H2,1-2H3,(H,30,42)(H,31,43)(H2,32,33,34,41). The minimum atomic E-state index is -1.27. The van der Waals surface area contributed by atoms with E-state index in [2.05, 4.69) is 35.6 Å². The first kappa shape index (κ1) is 27.8. The number of rotatable bonds is 6. The molecule has 222 valence electrons. The summed E-state index contributed by atoms with van der Waals surface area (Å²) >= 11 is 0. The normalized spacial score (nSPS) is 11.2. The first-order chi connectivity index (χ1) is 21.2. The Balaban J connectivity index is 1.46. The fraction of sp³-hybridized carbons (Fsp3) is 0.111. The maximum atomic E-state index is 15.0. The molecule has 0 aliphatic heterocycles. The molecular formula is C27H21FN10O6. The molecule has 0 bridgehead atoms. The van der Waals surface area contributed by atoms with Crippen LogP contribution in [0.5, 0.6) is 0 Å². The van der Waals surface area contributed by atoms with Gasteiger partial charge in [0.25, 0.3) is 5.56 Å². The highest BCUT2D eigenvalue weighted by molar-refractivity contribution is 6.01. The predicted octanol–water partition coefficient (Wildman–Crippen LogP) is 1.84. The van der Waals surface area contributed by atoms with E-state index >= 15 is 4.39 Å². The predicted molar refractivity (Wildman–Crippen MR) is 153 cm³/mol. The van der Waals surface area contributed by atoms with Gasteiger partial charge in [-0.1, -0.05) is 12.1 Å². The molecule has 6 rings (SSSR count). The van der Waals surface area contributed by atoms with Gasteiger partial charge in [-0.2, -0.15) is 14.8 Å². The van der Waals surface area contributed by atoms with Crippen LogP contribution in [-0.4, -0.2) is 62.7 Å². The number of anilines is 1. The summed E-state index contributed by atoms with van der Waals surface area (Å²) in [5, 5.41) is 12.6. The molecule has 0 atom stereocenters. The number of nitrogens with one attached hydrogen (secondary N) is 4. The van der Waals surface area contributed by atoms with Crippen molar-refractivity contribution < 1.29 is 18.7 Å². The summed E-state index contributed by atoms with van der Waals surface area (Å²) in [7, 11) is 0. The van der Waals surface area contributed by atoms with Gasteiger partial charge >= 0.3 is 23.4 Å². The molecule has 6 aromatic rings. The first-order valence-electron chi connectivity index (χ1n) is 13.0. The molecule has 44 heavy (non-hydrogen) atoms. The van der Waals surface area contributed by atoms with Crippen molar-refractivity contribution in [2.24, 2.45) is 0 Å². The zero-order valence-corrected chi connectivity index (χ0v) is 22.9. The number of carbonyl (C=O) groups is 2. The van der Waals surface area contributed by atoms with Gasteiger partial charge in [-0.05, 0) is 38.1 Å². The summed E-state index contributed by atoms with van der Waals surface area (Å²) in [5.74, 6) is -0.983. The van der Waals surface area contributed by atoms with E-state index in [1.807, 2.05) is 0 Å². The first-order valence-corrected chi connectivity index (χ1v) is 13.0. The van der Waals surface area contributed by atoms with Gasteiger partial charge < -0.3 is 19.6 Å². The Morgan fingerprint density at radius 1 is 1.07 bits per heavy atom. The number of amides is 1. The summed E-state index contributed by atoms with van der Waals surface area (Å²) in [4.78, 5) is 73.3. The Morgan fingerprint density at radius 2 is 1.89 bits per heavy atom. The fourth-order valence-corrected chi connectivity index (χ4v) is 4.58. The number of hydrogen-bond acceptors (Lipinski definition) is 9. The molecule has 17 heteroatoms. The van der Waals surface area contributed by atoms with E-state index in [4.69, 9.17) is 4.74 Å². The van der Waals surface area contributed by atoms with Crippen molar-refractivity contribution >= 4 is 28.7 Å². The third-order valence-corrected chi connectivity index (χ3v) is 6.56. The van der Waals surface area contributed by atoms with Gasteiger partial charge in [-0.25, -0.2) is 38.3 Å². The summed E-state index contributed by atoms with van der Waals surface area (Å²) in [6, 6.07) is 8.90. The smallest absolute Gasteiger partial charge is 0.361 e. The Labute approximate surface area is 243 Å². The van der Waals surface area contributed by atoms with Crippen LogP contribution in [0.3, 0.4) is 0 Å². The minimum Gasteiger partial charge on any atom is -0.461 e. The number of carbonyl (C=O) groups excluding carboxylic acids is 2. The van der Waals surface area contributed by atoms with Crippen molar-refractivity contribution in [3.05, 3.63) is 104 Å². The molecule has 4 aromatic heterocycles. The van der Waals surface area contributed by atoms with Gasteiger partial charge in [0.2, 0.25) is 0 Å². The number of H-pyrrole nitrogens is 3. The molecule has 2 aromatic carbocycles. The highest BCUT2D eigenvalue weighted by Crippen LogP contribution is 2.23. The number of fused-ring (bicyclic) bond motifs is 1. The van der Waals surface area contributed by atoms with Gasteiger partial charge in [0.05, 0.1) is 18.0 Å². The summed E-state index contributed by atoms with van der Waals surface area (Å²) < 4.78 is 23.0. The summed E-state index contributed by atoms with van der Waals surface area (Å²) in [6.45, 7) is 3.27. The number of aromatic amines is 3. The fourth-order valence-electron chi connectivity index (χ4n) is 4.58. The van der Waals surface area contributed by atoms with E-state index < -0.39 is 40.5 Å². The van der Waals surface area contributed by atoms with Crippen molar-refractivity contribution in [3.8, 4) is 22.8 Å². The molecule has 0 fully saturated rings. The van der Waals surface area contributed by atoms with Crippen molar-refractivity contribution in [2.45, 2.75) is 13.8 Å². The van der Waals surface area contributed by atoms with Crippen molar-refractivity contribution in [2.75, 3.05) is 11.9 Å². The largest absolute Gasteiger partial charge is 0.461 e. The van der Waals surface area contributed by atoms with Crippen molar-refractivity contribution in [1.29, 1.82) is 0 Å². The number of ether oxygens (including phenoxy) is 1. The second-order valence-corrected chi connectivity index (χ2v) is 9.29. The van der Waals surface area contributed by atoms with Crippen LogP contribution in [0.4, 0.5) is 14.9 Å². The Hall–Kier alpha value is -6.39. The average Bonchev–Trinajstić information content (AvgIpc) is 3.73. The topological polar surface area (TPSA) is 207 Å². The highest BCUT2D eigenvalue weighted by Gasteiger charge is 2.26. The lowest BCUT2D eigenvalue weighted by Gasteiger charge is -2.11. The minimum absolute atomic E-state index is 0.0241. The molecule has 16 nitrogen and oxygen atoms in total. The van der Waals surface area contributed by atoms with Crippen LogP contribution in [0.25, 0.3) is 33.8 Å². The van der Waals surface area contributed by atoms with Gasteiger partial charge in [0, 0.05) is 29.7 Å². The van der Waals surface area contributed by atoms with Crippen LogP contribution in [-0.2, 0) is 4.74 Å². The molecule has 1 amide bonds. The zero-order chi connectivity index (χ0) is 31.1. The Morgan fingerprint density at radius 3 is 2.57 bits per heavy atom. The molecule has 0 saturated heterocycles. The summed E-state index contributed by atoms with van der Waals surface area (Å²) in [5.41, 5.74) is -3.20. The SMILES string of the molecule is CCOC(=O)c1nn(-c2cccc(-c3n[nH]c(=O)[nH]3)c2)c2c(=O)n(C(=O)Nc3ccc(-n4ccnc4C)cc3F)c(=O)[nH]c12. The third-order valence-electron chi connectivity index (χ3n) is 6.56.